The smallest absolute Gasteiger partial charge is 0.0502 e. The molecule has 1 aliphatic rings. The van der Waals surface area contributed by atoms with E-state index < -0.39 is 0 Å². The molecule has 0 heterocycles. The Labute approximate surface area is 322 Å². The van der Waals surface area contributed by atoms with Crippen molar-refractivity contribution in [3.05, 3.63) is 206 Å². The van der Waals surface area contributed by atoms with Gasteiger partial charge in [0.15, 0.2) is 0 Å². The van der Waals surface area contributed by atoms with Crippen molar-refractivity contribution < 1.29 is 0 Å². The van der Waals surface area contributed by atoms with Crippen molar-refractivity contribution in [2.45, 2.75) is 61.8 Å². The van der Waals surface area contributed by atoms with Gasteiger partial charge in [-0.25, -0.2) is 0 Å². The Kier molecular flexibility index (Phi) is 10.4. The number of anilines is 5. The van der Waals surface area contributed by atoms with Gasteiger partial charge in [0, 0.05) is 34.5 Å². The van der Waals surface area contributed by atoms with Crippen LogP contribution >= 0.6 is 0 Å². The van der Waals surface area contributed by atoms with Gasteiger partial charge in [-0.15, -0.1) is 5.73 Å². The van der Waals surface area contributed by atoms with E-state index in [1.54, 1.807) is 0 Å². The van der Waals surface area contributed by atoms with E-state index in [0.29, 0.717) is 0 Å². The fraction of sp³-hybridized carbons (Fsp3) is 0.173. The molecule has 0 aliphatic heterocycles. The Bertz CT molecular complexity index is 2300. The molecule has 1 aliphatic carbocycles. The number of rotatable bonds is 8. The summed E-state index contributed by atoms with van der Waals surface area (Å²) in [6, 6.07) is 42.7. The molecule has 0 saturated heterocycles. The predicted molar refractivity (Wildman–Crippen MR) is 234 cm³/mol. The molecule has 6 aromatic carbocycles. The van der Waals surface area contributed by atoms with Gasteiger partial charge in [-0.2, -0.15) is 0 Å². The summed E-state index contributed by atoms with van der Waals surface area (Å²) < 4.78 is 0. The number of hydrogen-bond donors (Lipinski definition) is 0. The molecule has 0 aromatic heterocycles. The van der Waals surface area contributed by atoms with Crippen LogP contribution in [0.2, 0.25) is 0 Å². The van der Waals surface area contributed by atoms with Gasteiger partial charge in [-0.1, -0.05) is 66.8 Å². The van der Waals surface area contributed by atoms with Gasteiger partial charge >= 0.3 is 0 Å². The summed E-state index contributed by atoms with van der Waals surface area (Å²) in [5.74, 6) is 0. The largest absolute Gasteiger partial charge is 0.310 e. The highest BCUT2D eigenvalue weighted by Crippen LogP contribution is 2.37. The van der Waals surface area contributed by atoms with Crippen LogP contribution in [0.1, 0.15) is 66.8 Å². The van der Waals surface area contributed by atoms with E-state index in [4.69, 9.17) is 0 Å². The molecule has 7 rings (SSSR count). The zero-order chi connectivity index (χ0) is 37.9. The van der Waals surface area contributed by atoms with E-state index in [1.807, 2.05) is 0 Å². The fourth-order valence-electron chi connectivity index (χ4n) is 7.82. The van der Waals surface area contributed by atoms with Gasteiger partial charge < -0.3 is 9.80 Å². The molecule has 268 valence electrons. The van der Waals surface area contributed by atoms with E-state index in [0.717, 1.165) is 23.4 Å². The number of benzene rings is 6. The maximum atomic E-state index is 3.54. The average Bonchev–Trinajstić information content (AvgIpc) is 3.08. The molecule has 0 fully saturated rings. The third-order valence-electron chi connectivity index (χ3n) is 9.91. The number of hydrogen-bond acceptors (Lipinski definition) is 2. The highest BCUT2D eigenvalue weighted by atomic mass is 15.1. The van der Waals surface area contributed by atoms with Crippen LogP contribution in [0.3, 0.4) is 0 Å². The maximum Gasteiger partial charge on any atom is 0.0502 e. The zero-order valence-corrected chi connectivity index (χ0v) is 33.0. The maximum absolute atomic E-state index is 3.54. The number of fused-ring (bicyclic) bond motifs is 1. The monoisotopic (exact) mass is 702 g/mol. The lowest BCUT2D eigenvalue weighted by Crippen LogP contribution is -2.16. The van der Waals surface area contributed by atoms with Crippen LogP contribution in [-0.4, -0.2) is 0 Å². The fourth-order valence-corrected chi connectivity index (χ4v) is 7.82. The van der Waals surface area contributed by atoms with Crippen molar-refractivity contribution in [3.8, 4) is 0 Å². The van der Waals surface area contributed by atoms with Crippen LogP contribution in [0.5, 0.6) is 0 Å². The van der Waals surface area contributed by atoms with Crippen LogP contribution in [0, 0.1) is 55.4 Å². The normalized spacial score (nSPS) is 13.3. The van der Waals surface area contributed by atoms with Crippen LogP contribution in [0.25, 0.3) is 18.2 Å². The molecule has 54 heavy (non-hydrogen) atoms. The first kappa shape index (κ1) is 36.3. The van der Waals surface area contributed by atoms with Gasteiger partial charge in [0.05, 0.1) is 5.70 Å². The Morgan fingerprint density at radius 1 is 0.407 bits per heavy atom. The molecule has 0 spiro atoms. The predicted octanol–water partition coefficient (Wildman–Crippen LogP) is 14.2. The first-order valence-electron chi connectivity index (χ1n) is 18.9. The van der Waals surface area contributed by atoms with Crippen molar-refractivity contribution in [1.29, 1.82) is 0 Å². The van der Waals surface area contributed by atoms with E-state index in [1.165, 1.54) is 83.9 Å². The summed E-state index contributed by atoms with van der Waals surface area (Å²) in [7, 11) is 0. The molecule has 0 bridgehead atoms. The topological polar surface area (TPSA) is 6.48 Å². The van der Waals surface area contributed by atoms with Gasteiger partial charge in [0.2, 0.25) is 0 Å². The van der Waals surface area contributed by atoms with E-state index >= 15 is 0 Å². The SMILES string of the molecule is Cc1cc(C)cc(N(/C2=C/Cc3ccc(/C=C/c4ccc(N(c5cc(C)cc(C)c5)c5cc(C)cc(C)c5)cc4)cc3C=C=C2)c2cc(C)cc(C)c2)c1. The average molecular weight is 703 g/mol. The minimum absolute atomic E-state index is 0.828. The van der Waals surface area contributed by atoms with Gasteiger partial charge in [-0.3, -0.25) is 0 Å². The third kappa shape index (κ3) is 8.42. The molecule has 0 radical (unpaired) electrons. The Balaban J connectivity index is 1.15. The van der Waals surface area contributed by atoms with Crippen LogP contribution in [0.15, 0.2) is 139 Å². The highest BCUT2D eigenvalue weighted by molar-refractivity contribution is 5.80. The van der Waals surface area contributed by atoms with Crippen molar-refractivity contribution in [2.75, 3.05) is 9.80 Å². The minimum atomic E-state index is 0.828. The number of allylic oxidation sites excluding steroid dienone is 2. The first-order chi connectivity index (χ1) is 26.0. The van der Waals surface area contributed by atoms with Crippen LogP contribution in [0.4, 0.5) is 28.4 Å². The number of aryl methyl sites for hydroxylation is 8. The Hall–Kier alpha value is -6.08. The minimum Gasteiger partial charge on any atom is -0.310 e. The second-order valence-corrected chi connectivity index (χ2v) is 15.2. The molecule has 0 unspecified atom stereocenters. The van der Waals surface area contributed by atoms with E-state index in [2.05, 4.69) is 217 Å². The highest BCUT2D eigenvalue weighted by Gasteiger charge is 2.17. The summed E-state index contributed by atoms with van der Waals surface area (Å²) in [6.45, 7) is 17.4. The summed E-state index contributed by atoms with van der Waals surface area (Å²) in [4.78, 5) is 4.74. The van der Waals surface area contributed by atoms with Crippen LogP contribution in [-0.2, 0) is 6.42 Å². The molecule has 0 N–H and O–H groups in total. The number of nitrogens with zero attached hydrogens (tertiary/aromatic N) is 2. The first-order valence-corrected chi connectivity index (χ1v) is 18.9. The molecular weight excluding hydrogens is 653 g/mol. The van der Waals surface area contributed by atoms with Gasteiger partial charge in [0.25, 0.3) is 0 Å². The molecule has 0 amide bonds. The zero-order valence-electron chi connectivity index (χ0n) is 33.0. The van der Waals surface area contributed by atoms with Gasteiger partial charge in [-0.05, 0) is 201 Å². The summed E-state index contributed by atoms with van der Waals surface area (Å²) in [6.07, 6.45) is 11.8. The lowest BCUT2D eigenvalue weighted by atomic mass is 9.98. The lowest BCUT2D eigenvalue weighted by molar-refractivity contribution is 1.14. The summed E-state index contributed by atoms with van der Waals surface area (Å²) in [5.41, 5.74) is 25.3. The lowest BCUT2D eigenvalue weighted by Gasteiger charge is -2.28. The quantitative estimate of drug-likeness (QED) is 0.115. The van der Waals surface area contributed by atoms with Gasteiger partial charge in [0.1, 0.15) is 0 Å². The second kappa shape index (κ2) is 15.5. The van der Waals surface area contributed by atoms with E-state index in [-0.39, 0.29) is 0 Å². The Morgan fingerprint density at radius 2 is 0.815 bits per heavy atom. The third-order valence-corrected chi connectivity index (χ3v) is 9.91. The molecule has 0 atom stereocenters. The van der Waals surface area contributed by atoms with E-state index in [9.17, 15) is 0 Å². The molecular formula is C52H50N2. The molecule has 2 nitrogen and oxygen atoms in total. The molecule has 0 saturated carbocycles. The Morgan fingerprint density at radius 3 is 1.28 bits per heavy atom. The van der Waals surface area contributed by atoms with Crippen molar-refractivity contribution in [2.24, 2.45) is 0 Å². The summed E-state index contributed by atoms with van der Waals surface area (Å²) in [5, 5.41) is 0. The summed E-state index contributed by atoms with van der Waals surface area (Å²) >= 11 is 0. The second-order valence-electron chi connectivity index (χ2n) is 15.2. The van der Waals surface area contributed by atoms with Crippen molar-refractivity contribution in [3.63, 3.8) is 0 Å². The molecule has 6 aromatic rings. The van der Waals surface area contributed by atoms with Crippen LogP contribution < -0.4 is 9.80 Å². The molecule has 2 heteroatoms. The van der Waals surface area contributed by atoms with Crippen molar-refractivity contribution in [1.82, 2.24) is 0 Å². The standard InChI is InChI=1S/C52H50N2/c1-35-22-36(2)27-49(26-35)53(50-28-37(3)23-38(4)29-50)47-11-9-10-46-34-44(14-17-45(46)18-21-47)13-12-43-15-19-48(20-16-43)54(51-30-39(5)24-40(6)31-51)52-32-41(7)25-42(8)33-52/h10-17,19-34H,18H2,1-8H3/b13-12+,47-21+. The van der Waals surface area contributed by atoms with Crippen molar-refractivity contribution >= 4 is 46.7 Å².